The average Bonchev–Trinajstić information content (AvgIpc) is 2.50. The van der Waals surface area contributed by atoms with Gasteiger partial charge in [-0.15, -0.1) is 0 Å². The van der Waals surface area contributed by atoms with E-state index in [1.807, 2.05) is 31.3 Å². The Morgan fingerprint density at radius 3 is 2.43 bits per heavy atom. The Kier molecular flexibility index (Phi) is 6.24. The predicted octanol–water partition coefficient (Wildman–Crippen LogP) is 4.38. The molecule has 2 rings (SSSR count). The van der Waals surface area contributed by atoms with E-state index >= 15 is 0 Å². The van der Waals surface area contributed by atoms with Crippen LogP contribution in [0.2, 0.25) is 5.02 Å². The number of hydrogen-bond acceptors (Lipinski definition) is 2. The van der Waals surface area contributed by atoms with E-state index in [4.69, 9.17) is 16.3 Å². The minimum absolute atomic E-state index is 0.521. The molecule has 3 heteroatoms. The van der Waals surface area contributed by atoms with Gasteiger partial charge in [-0.25, -0.2) is 0 Å². The first-order valence-electron chi connectivity index (χ1n) is 7.25. The maximum absolute atomic E-state index is 6.11. The molecule has 112 valence electrons. The van der Waals surface area contributed by atoms with Gasteiger partial charge in [0.2, 0.25) is 0 Å². The van der Waals surface area contributed by atoms with Crippen LogP contribution in [0.1, 0.15) is 29.5 Å². The summed E-state index contributed by atoms with van der Waals surface area (Å²) in [5.74, 6) is 0.521. The first-order chi connectivity index (χ1) is 10.2. The molecule has 0 saturated carbocycles. The van der Waals surface area contributed by atoms with Crippen LogP contribution in [0.5, 0.6) is 0 Å². The molecular formula is C18H22ClNO. The summed E-state index contributed by atoms with van der Waals surface area (Å²) in [5, 5.41) is 3.96. The van der Waals surface area contributed by atoms with E-state index in [9.17, 15) is 0 Å². The molecule has 1 N–H and O–H groups in total. The third-order valence-corrected chi connectivity index (χ3v) is 3.91. The number of hydrogen-bond donors (Lipinski definition) is 1. The molecule has 0 aliphatic rings. The first-order valence-corrected chi connectivity index (χ1v) is 7.63. The van der Waals surface area contributed by atoms with E-state index in [2.05, 4.69) is 36.5 Å². The van der Waals surface area contributed by atoms with Crippen LogP contribution in [0, 0.1) is 0 Å². The summed E-state index contributed by atoms with van der Waals surface area (Å²) in [5.41, 5.74) is 3.56. The number of nitrogens with one attached hydrogen (secondary N) is 1. The lowest BCUT2D eigenvalue weighted by molar-refractivity contribution is 0.107. The van der Waals surface area contributed by atoms with E-state index in [1.165, 1.54) is 11.1 Å². The second kappa shape index (κ2) is 8.18. The Bertz CT molecular complexity index is 553. The second-order valence-corrected chi connectivity index (χ2v) is 5.69. The Morgan fingerprint density at radius 1 is 1.05 bits per heavy atom. The van der Waals surface area contributed by atoms with Crippen LogP contribution >= 0.6 is 11.6 Å². The van der Waals surface area contributed by atoms with Gasteiger partial charge < -0.3 is 10.1 Å². The summed E-state index contributed by atoms with van der Waals surface area (Å²) < 4.78 is 5.74. The van der Waals surface area contributed by atoms with Crippen molar-refractivity contribution in [2.75, 3.05) is 13.6 Å². The summed E-state index contributed by atoms with van der Waals surface area (Å²) >= 11 is 6.11. The van der Waals surface area contributed by atoms with Gasteiger partial charge in [-0.2, -0.15) is 0 Å². The van der Waals surface area contributed by atoms with Gasteiger partial charge in [0.1, 0.15) is 0 Å². The Balaban J connectivity index is 1.85. The molecule has 0 amide bonds. The highest BCUT2D eigenvalue weighted by Crippen LogP contribution is 2.18. The fourth-order valence-electron chi connectivity index (χ4n) is 2.26. The molecular weight excluding hydrogens is 282 g/mol. The van der Waals surface area contributed by atoms with Crippen molar-refractivity contribution in [3.05, 3.63) is 70.2 Å². The highest BCUT2D eigenvalue weighted by Gasteiger charge is 2.04. The van der Waals surface area contributed by atoms with E-state index in [0.717, 1.165) is 17.1 Å². The van der Waals surface area contributed by atoms with Gasteiger partial charge >= 0.3 is 0 Å². The van der Waals surface area contributed by atoms with Crippen LogP contribution in [0.3, 0.4) is 0 Å². The predicted molar refractivity (Wildman–Crippen MR) is 88.7 cm³/mol. The normalized spacial score (nSPS) is 12.3. The SMILES string of the molecule is CNCC(C)c1ccc(COCc2ccccc2Cl)cc1. The largest absolute Gasteiger partial charge is 0.372 e. The van der Waals surface area contributed by atoms with Crippen LogP contribution in [0.25, 0.3) is 0 Å². The highest BCUT2D eigenvalue weighted by atomic mass is 35.5. The van der Waals surface area contributed by atoms with Crippen molar-refractivity contribution in [1.82, 2.24) is 5.32 Å². The minimum atomic E-state index is 0.521. The van der Waals surface area contributed by atoms with Crippen molar-refractivity contribution >= 4 is 11.6 Å². The van der Waals surface area contributed by atoms with E-state index in [1.54, 1.807) is 0 Å². The molecule has 0 radical (unpaired) electrons. The molecule has 0 aliphatic carbocycles. The molecule has 1 atom stereocenters. The molecule has 2 aromatic rings. The first kappa shape index (κ1) is 16.0. The lowest BCUT2D eigenvalue weighted by Gasteiger charge is -2.12. The maximum Gasteiger partial charge on any atom is 0.0735 e. The van der Waals surface area contributed by atoms with Crippen molar-refractivity contribution in [3.63, 3.8) is 0 Å². The lowest BCUT2D eigenvalue weighted by Crippen LogP contribution is -2.14. The zero-order valence-electron chi connectivity index (χ0n) is 12.6. The zero-order valence-corrected chi connectivity index (χ0v) is 13.4. The number of halogens is 1. The van der Waals surface area contributed by atoms with Crippen molar-refractivity contribution in [1.29, 1.82) is 0 Å². The summed E-state index contributed by atoms with van der Waals surface area (Å²) in [6.45, 7) is 4.35. The topological polar surface area (TPSA) is 21.3 Å². The summed E-state index contributed by atoms with van der Waals surface area (Å²) in [4.78, 5) is 0. The quantitative estimate of drug-likeness (QED) is 0.819. The van der Waals surface area contributed by atoms with Crippen molar-refractivity contribution in [2.45, 2.75) is 26.1 Å². The molecule has 0 saturated heterocycles. The fourth-order valence-corrected chi connectivity index (χ4v) is 2.45. The van der Waals surface area contributed by atoms with Crippen molar-refractivity contribution in [3.8, 4) is 0 Å². The van der Waals surface area contributed by atoms with Crippen LogP contribution in [0.15, 0.2) is 48.5 Å². The van der Waals surface area contributed by atoms with E-state index in [0.29, 0.717) is 19.1 Å². The molecule has 0 fully saturated rings. The highest BCUT2D eigenvalue weighted by molar-refractivity contribution is 6.31. The number of rotatable bonds is 7. The molecule has 0 spiro atoms. The van der Waals surface area contributed by atoms with Gasteiger partial charge in [-0.1, -0.05) is 61.0 Å². The molecule has 0 heterocycles. The Hall–Kier alpha value is -1.35. The van der Waals surface area contributed by atoms with Gasteiger partial charge in [0.15, 0.2) is 0 Å². The standard InChI is InChI=1S/C18H22ClNO/c1-14(11-20-2)16-9-7-15(8-10-16)12-21-13-17-5-3-4-6-18(17)19/h3-10,14,20H,11-13H2,1-2H3. The van der Waals surface area contributed by atoms with Gasteiger partial charge in [0.25, 0.3) is 0 Å². The van der Waals surface area contributed by atoms with Crippen LogP contribution in [-0.2, 0) is 18.0 Å². The van der Waals surface area contributed by atoms with E-state index < -0.39 is 0 Å². The summed E-state index contributed by atoms with van der Waals surface area (Å²) in [7, 11) is 1.98. The van der Waals surface area contributed by atoms with Crippen LogP contribution in [0.4, 0.5) is 0 Å². The van der Waals surface area contributed by atoms with Crippen molar-refractivity contribution in [2.24, 2.45) is 0 Å². The molecule has 0 bridgehead atoms. The zero-order chi connectivity index (χ0) is 15.1. The number of likely N-dealkylation sites (N-methyl/N-ethyl adjacent to an activating group) is 1. The van der Waals surface area contributed by atoms with Crippen molar-refractivity contribution < 1.29 is 4.74 Å². The van der Waals surface area contributed by atoms with Gasteiger partial charge in [0.05, 0.1) is 13.2 Å². The minimum Gasteiger partial charge on any atom is -0.372 e. The summed E-state index contributed by atoms with van der Waals surface area (Å²) in [6, 6.07) is 16.4. The van der Waals surface area contributed by atoms with Crippen LogP contribution < -0.4 is 5.32 Å². The second-order valence-electron chi connectivity index (χ2n) is 5.28. The molecule has 0 aliphatic heterocycles. The Morgan fingerprint density at radius 2 is 1.76 bits per heavy atom. The average molecular weight is 304 g/mol. The molecule has 2 nitrogen and oxygen atoms in total. The molecule has 1 unspecified atom stereocenters. The monoisotopic (exact) mass is 303 g/mol. The number of benzene rings is 2. The fraction of sp³-hybridized carbons (Fsp3) is 0.333. The van der Waals surface area contributed by atoms with Gasteiger partial charge in [0, 0.05) is 11.6 Å². The molecule has 21 heavy (non-hydrogen) atoms. The third kappa shape index (κ3) is 4.85. The van der Waals surface area contributed by atoms with Crippen LogP contribution in [-0.4, -0.2) is 13.6 Å². The Labute approximate surface area is 132 Å². The maximum atomic E-state index is 6.11. The molecule has 0 aromatic heterocycles. The lowest BCUT2D eigenvalue weighted by atomic mass is 10.00. The molecule has 2 aromatic carbocycles. The van der Waals surface area contributed by atoms with Gasteiger partial charge in [-0.3, -0.25) is 0 Å². The number of ether oxygens (including phenoxy) is 1. The van der Waals surface area contributed by atoms with E-state index in [-0.39, 0.29) is 0 Å². The van der Waals surface area contributed by atoms with Gasteiger partial charge in [-0.05, 0) is 35.7 Å². The summed E-state index contributed by atoms with van der Waals surface area (Å²) in [6.07, 6.45) is 0. The smallest absolute Gasteiger partial charge is 0.0735 e. The third-order valence-electron chi connectivity index (χ3n) is 3.54.